The number of amides is 2. The highest BCUT2D eigenvalue weighted by molar-refractivity contribution is 5.84. The van der Waals surface area contributed by atoms with Crippen LogP contribution in [0.25, 0.3) is 0 Å². The van der Waals surface area contributed by atoms with Gasteiger partial charge in [0.15, 0.2) is 0 Å². The van der Waals surface area contributed by atoms with Crippen LogP contribution in [0.3, 0.4) is 0 Å². The van der Waals surface area contributed by atoms with E-state index < -0.39 is 6.10 Å². The number of carbonyl (C=O) groups is 2. The number of hydrogen-bond acceptors (Lipinski definition) is 5. The van der Waals surface area contributed by atoms with E-state index in [0.29, 0.717) is 32.7 Å². The molecule has 2 aliphatic rings. The van der Waals surface area contributed by atoms with Crippen molar-refractivity contribution in [1.29, 1.82) is 0 Å². The highest BCUT2D eigenvalue weighted by Crippen LogP contribution is 2.17. The first kappa shape index (κ1) is 17.2. The number of methoxy groups -OCH3 is 1. The summed E-state index contributed by atoms with van der Waals surface area (Å²) in [5, 5.41) is 12.9. The Hall–Kier alpha value is -1.18. The zero-order valence-corrected chi connectivity index (χ0v) is 13.1. The molecule has 3 atom stereocenters. The zero-order chi connectivity index (χ0) is 15.9. The van der Waals surface area contributed by atoms with Gasteiger partial charge in [-0.05, 0) is 12.8 Å². The molecule has 0 bridgehead atoms. The van der Waals surface area contributed by atoms with Crippen LogP contribution in [0.2, 0.25) is 0 Å². The molecule has 0 spiro atoms. The number of hydrogen-bond donors (Lipinski definition) is 2. The van der Waals surface area contributed by atoms with Crippen molar-refractivity contribution in [2.75, 3.05) is 40.0 Å². The van der Waals surface area contributed by atoms with Crippen LogP contribution in [0.15, 0.2) is 0 Å². The lowest BCUT2D eigenvalue weighted by Gasteiger charge is -2.34. The Labute approximate surface area is 130 Å². The normalized spacial score (nSPS) is 30.0. The fraction of sp³-hybridized carbons (Fsp3) is 0.867. The first-order valence-electron chi connectivity index (χ1n) is 7.95. The summed E-state index contributed by atoms with van der Waals surface area (Å²) >= 11 is 0. The number of nitrogens with zero attached hydrogens (tertiary/aromatic N) is 1. The molecule has 0 saturated carbocycles. The van der Waals surface area contributed by atoms with E-state index in [9.17, 15) is 14.7 Å². The summed E-state index contributed by atoms with van der Waals surface area (Å²) in [4.78, 5) is 25.5. The SMILES string of the molecule is CO[C@@H]1COC[C@@H](CNC(=O)CN2CCCCCC2=O)[C@@H]1O. The van der Waals surface area contributed by atoms with E-state index in [-0.39, 0.29) is 30.4 Å². The largest absolute Gasteiger partial charge is 0.390 e. The molecule has 7 nitrogen and oxygen atoms in total. The van der Waals surface area contributed by atoms with Gasteiger partial charge in [-0.25, -0.2) is 0 Å². The fourth-order valence-electron chi connectivity index (χ4n) is 2.90. The molecular formula is C15H26N2O5. The summed E-state index contributed by atoms with van der Waals surface area (Å²) in [6.45, 7) is 1.82. The first-order valence-corrected chi connectivity index (χ1v) is 7.95. The first-order chi connectivity index (χ1) is 10.6. The van der Waals surface area contributed by atoms with Gasteiger partial charge in [0.05, 0.1) is 25.9 Å². The number of ether oxygens (including phenoxy) is 2. The summed E-state index contributed by atoms with van der Waals surface area (Å²) in [7, 11) is 1.53. The van der Waals surface area contributed by atoms with Crippen molar-refractivity contribution in [3.05, 3.63) is 0 Å². The highest BCUT2D eigenvalue weighted by atomic mass is 16.5. The zero-order valence-electron chi connectivity index (χ0n) is 13.1. The average Bonchev–Trinajstić information content (AvgIpc) is 2.71. The molecule has 7 heteroatoms. The van der Waals surface area contributed by atoms with Gasteiger partial charge in [0.2, 0.25) is 11.8 Å². The van der Waals surface area contributed by atoms with Gasteiger partial charge in [0.25, 0.3) is 0 Å². The van der Waals surface area contributed by atoms with E-state index in [1.165, 1.54) is 7.11 Å². The van der Waals surface area contributed by atoms with E-state index in [4.69, 9.17) is 9.47 Å². The molecule has 22 heavy (non-hydrogen) atoms. The van der Waals surface area contributed by atoms with Crippen molar-refractivity contribution in [2.24, 2.45) is 5.92 Å². The Morgan fingerprint density at radius 1 is 1.41 bits per heavy atom. The molecule has 0 aromatic carbocycles. The predicted octanol–water partition coefficient (Wildman–Crippen LogP) is -0.472. The van der Waals surface area contributed by atoms with Gasteiger partial charge >= 0.3 is 0 Å². The smallest absolute Gasteiger partial charge is 0.239 e. The van der Waals surface area contributed by atoms with Gasteiger partial charge in [-0.2, -0.15) is 0 Å². The predicted molar refractivity (Wildman–Crippen MR) is 79.2 cm³/mol. The molecule has 2 amide bonds. The molecule has 0 aromatic heterocycles. The maximum atomic E-state index is 12.0. The minimum atomic E-state index is -0.654. The number of likely N-dealkylation sites (tertiary alicyclic amines) is 1. The van der Waals surface area contributed by atoms with Crippen LogP contribution < -0.4 is 5.32 Å². The lowest BCUT2D eigenvalue weighted by Crippen LogP contribution is -2.50. The Morgan fingerprint density at radius 2 is 2.23 bits per heavy atom. The third kappa shape index (κ3) is 4.66. The Morgan fingerprint density at radius 3 is 3.00 bits per heavy atom. The molecule has 2 rings (SSSR count). The third-order valence-electron chi connectivity index (χ3n) is 4.35. The topological polar surface area (TPSA) is 88.1 Å². The van der Waals surface area contributed by atoms with Gasteiger partial charge in [0.1, 0.15) is 6.10 Å². The second-order valence-electron chi connectivity index (χ2n) is 5.99. The van der Waals surface area contributed by atoms with Crippen LogP contribution in [-0.2, 0) is 19.1 Å². The van der Waals surface area contributed by atoms with Crippen LogP contribution in [0, 0.1) is 5.92 Å². The number of rotatable bonds is 5. The monoisotopic (exact) mass is 314 g/mol. The van der Waals surface area contributed by atoms with Gasteiger partial charge in [-0.1, -0.05) is 6.42 Å². The molecule has 0 unspecified atom stereocenters. The molecular weight excluding hydrogens is 288 g/mol. The van der Waals surface area contributed by atoms with Crippen LogP contribution in [0.5, 0.6) is 0 Å². The molecule has 126 valence electrons. The maximum Gasteiger partial charge on any atom is 0.239 e. The molecule has 0 radical (unpaired) electrons. The highest BCUT2D eigenvalue weighted by Gasteiger charge is 2.33. The molecule has 0 aliphatic carbocycles. The minimum Gasteiger partial charge on any atom is -0.390 e. The molecule has 2 aliphatic heterocycles. The average molecular weight is 314 g/mol. The van der Waals surface area contributed by atoms with Crippen molar-refractivity contribution in [1.82, 2.24) is 10.2 Å². The third-order valence-corrected chi connectivity index (χ3v) is 4.35. The van der Waals surface area contributed by atoms with Crippen molar-refractivity contribution in [3.8, 4) is 0 Å². The minimum absolute atomic E-state index is 0.0492. The quantitative estimate of drug-likeness (QED) is 0.716. The van der Waals surface area contributed by atoms with Crippen molar-refractivity contribution in [2.45, 2.75) is 37.9 Å². The lowest BCUT2D eigenvalue weighted by atomic mass is 9.96. The maximum absolute atomic E-state index is 12.0. The lowest BCUT2D eigenvalue weighted by molar-refractivity contribution is -0.139. The summed E-state index contributed by atoms with van der Waals surface area (Å²) in [6.07, 6.45) is 2.40. The Bertz CT molecular complexity index is 390. The molecule has 2 fully saturated rings. The van der Waals surface area contributed by atoms with Crippen LogP contribution in [0.4, 0.5) is 0 Å². The summed E-state index contributed by atoms with van der Waals surface area (Å²) < 4.78 is 10.5. The molecule has 0 aromatic rings. The van der Waals surface area contributed by atoms with E-state index in [1.807, 2.05) is 0 Å². The Kier molecular flexibility index (Phi) is 6.60. The number of carbonyl (C=O) groups excluding carboxylic acids is 2. The molecule has 2 saturated heterocycles. The molecule has 2 N–H and O–H groups in total. The number of nitrogens with one attached hydrogen (secondary N) is 1. The van der Waals surface area contributed by atoms with Gasteiger partial charge in [0, 0.05) is 32.5 Å². The van der Waals surface area contributed by atoms with E-state index in [1.54, 1.807) is 4.90 Å². The van der Waals surface area contributed by atoms with E-state index >= 15 is 0 Å². The van der Waals surface area contributed by atoms with Gasteiger partial charge in [-0.3, -0.25) is 9.59 Å². The van der Waals surface area contributed by atoms with Crippen LogP contribution >= 0.6 is 0 Å². The van der Waals surface area contributed by atoms with E-state index in [0.717, 1.165) is 19.3 Å². The van der Waals surface area contributed by atoms with Gasteiger partial charge in [-0.15, -0.1) is 0 Å². The number of aliphatic hydroxyl groups is 1. The fourth-order valence-corrected chi connectivity index (χ4v) is 2.90. The second-order valence-corrected chi connectivity index (χ2v) is 5.99. The van der Waals surface area contributed by atoms with Crippen LogP contribution in [-0.4, -0.2) is 74.0 Å². The van der Waals surface area contributed by atoms with Crippen molar-refractivity contribution >= 4 is 11.8 Å². The van der Waals surface area contributed by atoms with Gasteiger partial charge < -0.3 is 24.8 Å². The van der Waals surface area contributed by atoms with E-state index in [2.05, 4.69) is 5.32 Å². The van der Waals surface area contributed by atoms with Crippen LogP contribution in [0.1, 0.15) is 25.7 Å². The van der Waals surface area contributed by atoms with Crippen molar-refractivity contribution < 1.29 is 24.2 Å². The summed E-state index contributed by atoms with van der Waals surface area (Å²) in [6, 6.07) is 0. The molecule has 2 heterocycles. The summed E-state index contributed by atoms with van der Waals surface area (Å²) in [5.74, 6) is -0.336. The standard InChI is InChI=1S/C15H26N2O5/c1-21-12-10-22-9-11(15(12)20)7-16-13(18)8-17-6-4-2-3-5-14(17)19/h11-12,15,20H,2-10H2,1H3,(H,16,18)/t11-,12-,15+/m1/s1. The summed E-state index contributed by atoms with van der Waals surface area (Å²) in [5.41, 5.74) is 0. The van der Waals surface area contributed by atoms with Crippen molar-refractivity contribution in [3.63, 3.8) is 0 Å². The second kappa shape index (κ2) is 8.45. The number of aliphatic hydroxyl groups excluding tert-OH is 1. The Balaban J connectivity index is 1.76.